The van der Waals surface area contributed by atoms with E-state index < -0.39 is 0 Å². The molecular formula is C24H21ClN4O4. The summed E-state index contributed by atoms with van der Waals surface area (Å²) in [5.74, 6) is 1.72. The number of nitrogens with zero attached hydrogens (tertiary/aromatic N) is 2. The maximum Gasteiger partial charge on any atom is 0.257 e. The standard InChI is InChI=1S/C24H21ClN4O4/c1-31-17-11-12-19(21(13-17)32-2)23-28-22(33-29-23)14-26-20-6-4-3-5-18(20)24(30)27-16-9-7-15(25)8-10-16/h3-13,26H,14H2,1-2H3,(H,27,30). The second-order valence-electron chi connectivity index (χ2n) is 6.94. The topological polar surface area (TPSA) is 98.5 Å². The number of hydrogen-bond acceptors (Lipinski definition) is 7. The Bertz CT molecular complexity index is 1260. The van der Waals surface area contributed by atoms with Crippen LogP contribution in [0.4, 0.5) is 11.4 Å². The summed E-state index contributed by atoms with van der Waals surface area (Å²) in [4.78, 5) is 17.2. The molecule has 0 saturated heterocycles. The number of nitrogens with one attached hydrogen (secondary N) is 2. The normalized spacial score (nSPS) is 10.5. The highest BCUT2D eigenvalue weighted by Crippen LogP contribution is 2.31. The average Bonchev–Trinajstić information content (AvgIpc) is 3.32. The van der Waals surface area contributed by atoms with Gasteiger partial charge in [0.2, 0.25) is 11.7 Å². The van der Waals surface area contributed by atoms with Gasteiger partial charge in [0.1, 0.15) is 11.5 Å². The van der Waals surface area contributed by atoms with E-state index in [1.165, 1.54) is 0 Å². The van der Waals surface area contributed by atoms with Crippen LogP contribution in [0.15, 0.2) is 71.3 Å². The largest absolute Gasteiger partial charge is 0.497 e. The molecule has 33 heavy (non-hydrogen) atoms. The maximum atomic E-state index is 12.8. The number of methoxy groups -OCH3 is 2. The van der Waals surface area contributed by atoms with Crippen molar-refractivity contribution >= 4 is 28.9 Å². The highest BCUT2D eigenvalue weighted by atomic mass is 35.5. The van der Waals surface area contributed by atoms with Gasteiger partial charge in [-0.2, -0.15) is 4.98 Å². The van der Waals surface area contributed by atoms with Crippen LogP contribution >= 0.6 is 11.6 Å². The lowest BCUT2D eigenvalue weighted by atomic mass is 10.1. The third kappa shape index (κ3) is 5.24. The van der Waals surface area contributed by atoms with E-state index >= 15 is 0 Å². The van der Waals surface area contributed by atoms with Gasteiger partial charge in [-0.05, 0) is 48.5 Å². The highest BCUT2D eigenvalue weighted by Gasteiger charge is 2.16. The van der Waals surface area contributed by atoms with E-state index in [1.807, 2.05) is 6.07 Å². The Morgan fingerprint density at radius 2 is 1.82 bits per heavy atom. The molecule has 0 aliphatic carbocycles. The van der Waals surface area contributed by atoms with Crippen LogP contribution in [0.2, 0.25) is 5.02 Å². The molecule has 2 N–H and O–H groups in total. The SMILES string of the molecule is COc1ccc(-c2noc(CNc3ccccc3C(=O)Nc3ccc(Cl)cc3)n2)c(OC)c1. The van der Waals surface area contributed by atoms with Crippen molar-refractivity contribution in [2.45, 2.75) is 6.54 Å². The number of benzene rings is 3. The molecule has 0 radical (unpaired) electrons. The van der Waals surface area contributed by atoms with Crippen LogP contribution in [0, 0.1) is 0 Å². The van der Waals surface area contributed by atoms with E-state index in [1.54, 1.807) is 74.9 Å². The van der Waals surface area contributed by atoms with Crippen LogP contribution in [0.3, 0.4) is 0 Å². The summed E-state index contributed by atoms with van der Waals surface area (Å²) in [5, 5.41) is 10.7. The molecule has 0 atom stereocenters. The third-order valence-corrected chi connectivity index (χ3v) is 5.07. The van der Waals surface area contributed by atoms with Crippen LogP contribution in [0.5, 0.6) is 11.5 Å². The van der Waals surface area contributed by atoms with Crippen LogP contribution in [-0.2, 0) is 6.54 Å². The minimum atomic E-state index is -0.255. The Labute approximate surface area is 195 Å². The molecule has 4 aromatic rings. The lowest BCUT2D eigenvalue weighted by Gasteiger charge is -2.11. The zero-order valence-electron chi connectivity index (χ0n) is 18.0. The van der Waals surface area contributed by atoms with Gasteiger partial charge in [-0.25, -0.2) is 0 Å². The van der Waals surface area contributed by atoms with E-state index in [-0.39, 0.29) is 12.5 Å². The first-order valence-electron chi connectivity index (χ1n) is 10.0. The van der Waals surface area contributed by atoms with Gasteiger partial charge in [-0.1, -0.05) is 28.9 Å². The number of hydrogen-bond donors (Lipinski definition) is 2. The molecule has 9 heteroatoms. The lowest BCUT2D eigenvalue weighted by molar-refractivity contribution is 0.102. The average molecular weight is 465 g/mol. The highest BCUT2D eigenvalue weighted by molar-refractivity contribution is 6.30. The molecule has 1 amide bonds. The van der Waals surface area contributed by atoms with Gasteiger partial charge in [0.25, 0.3) is 5.91 Å². The van der Waals surface area contributed by atoms with E-state index in [4.69, 9.17) is 25.6 Å². The molecule has 0 unspecified atom stereocenters. The van der Waals surface area contributed by atoms with Gasteiger partial charge in [0, 0.05) is 22.5 Å². The minimum Gasteiger partial charge on any atom is -0.497 e. The molecule has 0 saturated carbocycles. The molecule has 0 spiro atoms. The van der Waals surface area contributed by atoms with E-state index in [9.17, 15) is 4.79 Å². The number of ether oxygens (including phenoxy) is 2. The van der Waals surface area contributed by atoms with Crippen molar-refractivity contribution in [3.05, 3.63) is 83.2 Å². The lowest BCUT2D eigenvalue weighted by Crippen LogP contribution is -2.14. The van der Waals surface area contributed by atoms with Gasteiger partial charge in [0.15, 0.2) is 0 Å². The molecule has 0 bridgehead atoms. The summed E-state index contributed by atoms with van der Waals surface area (Å²) in [7, 11) is 3.15. The predicted molar refractivity (Wildman–Crippen MR) is 126 cm³/mol. The fourth-order valence-electron chi connectivity index (χ4n) is 3.16. The van der Waals surface area contributed by atoms with Crippen LogP contribution in [-0.4, -0.2) is 30.3 Å². The number of halogens is 1. The number of rotatable bonds is 8. The van der Waals surface area contributed by atoms with Crippen molar-refractivity contribution < 1.29 is 18.8 Å². The first kappa shape index (κ1) is 22.2. The fourth-order valence-corrected chi connectivity index (χ4v) is 3.28. The van der Waals surface area contributed by atoms with E-state index in [2.05, 4.69) is 20.8 Å². The Morgan fingerprint density at radius 1 is 1.03 bits per heavy atom. The number of carbonyl (C=O) groups is 1. The Hall–Kier alpha value is -4.04. The van der Waals surface area contributed by atoms with Gasteiger partial charge < -0.3 is 24.6 Å². The summed E-state index contributed by atoms with van der Waals surface area (Å²) in [5.41, 5.74) is 2.43. The Balaban J connectivity index is 1.47. The van der Waals surface area contributed by atoms with Crippen LogP contribution in [0.1, 0.15) is 16.2 Å². The van der Waals surface area contributed by atoms with Crippen molar-refractivity contribution in [2.75, 3.05) is 24.9 Å². The molecule has 8 nitrogen and oxygen atoms in total. The minimum absolute atomic E-state index is 0.233. The number of carbonyl (C=O) groups excluding carboxylic acids is 1. The van der Waals surface area contributed by atoms with Crippen molar-refractivity contribution in [1.29, 1.82) is 0 Å². The summed E-state index contributed by atoms with van der Waals surface area (Å²) in [6.45, 7) is 0.233. The molecule has 3 aromatic carbocycles. The molecular weight excluding hydrogens is 444 g/mol. The number of para-hydroxylation sites is 1. The zero-order valence-corrected chi connectivity index (χ0v) is 18.7. The van der Waals surface area contributed by atoms with Crippen molar-refractivity contribution in [3.63, 3.8) is 0 Å². The maximum absolute atomic E-state index is 12.8. The molecule has 4 rings (SSSR count). The Morgan fingerprint density at radius 3 is 2.58 bits per heavy atom. The number of amides is 1. The molecule has 168 valence electrons. The molecule has 1 aromatic heterocycles. The quantitative estimate of drug-likeness (QED) is 0.366. The predicted octanol–water partition coefficient (Wildman–Crippen LogP) is 5.27. The van der Waals surface area contributed by atoms with Gasteiger partial charge in [0.05, 0.1) is 31.9 Å². The molecule has 0 aliphatic heterocycles. The van der Waals surface area contributed by atoms with Gasteiger partial charge in [-0.15, -0.1) is 0 Å². The summed E-state index contributed by atoms with van der Waals surface area (Å²) in [6, 6.07) is 19.4. The first-order valence-corrected chi connectivity index (χ1v) is 10.4. The van der Waals surface area contributed by atoms with Crippen LogP contribution < -0.4 is 20.1 Å². The van der Waals surface area contributed by atoms with E-state index in [0.29, 0.717) is 50.7 Å². The second-order valence-corrected chi connectivity index (χ2v) is 7.37. The van der Waals surface area contributed by atoms with Crippen LogP contribution in [0.25, 0.3) is 11.4 Å². The van der Waals surface area contributed by atoms with Crippen molar-refractivity contribution in [2.24, 2.45) is 0 Å². The van der Waals surface area contributed by atoms with Crippen molar-refractivity contribution in [1.82, 2.24) is 10.1 Å². The zero-order chi connectivity index (χ0) is 23.2. The smallest absolute Gasteiger partial charge is 0.257 e. The number of anilines is 2. The summed E-state index contributed by atoms with van der Waals surface area (Å²) < 4.78 is 16.0. The fraction of sp³-hybridized carbons (Fsp3) is 0.125. The molecule has 1 heterocycles. The summed E-state index contributed by atoms with van der Waals surface area (Å²) >= 11 is 5.91. The third-order valence-electron chi connectivity index (χ3n) is 4.82. The molecule has 0 fully saturated rings. The summed E-state index contributed by atoms with van der Waals surface area (Å²) in [6.07, 6.45) is 0. The van der Waals surface area contributed by atoms with E-state index in [0.717, 1.165) is 0 Å². The second kappa shape index (κ2) is 10.1. The number of aromatic nitrogens is 2. The molecule has 0 aliphatic rings. The van der Waals surface area contributed by atoms with Gasteiger partial charge in [-0.3, -0.25) is 4.79 Å². The first-order chi connectivity index (χ1) is 16.1. The van der Waals surface area contributed by atoms with Gasteiger partial charge >= 0.3 is 0 Å². The van der Waals surface area contributed by atoms with Crippen molar-refractivity contribution in [3.8, 4) is 22.9 Å². The monoisotopic (exact) mass is 464 g/mol. The Kier molecular flexibility index (Phi) is 6.75.